The number of hydrogen-bond donors (Lipinski definition) is 0. The summed E-state index contributed by atoms with van der Waals surface area (Å²) in [5.41, 5.74) is 2.39. The van der Waals surface area contributed by atoms with Crippen LogP contribution >= 0.6 is 0 Å². The molecule has 3 heteroatoms. The van der Waals surface area contributed by atoms with Crippen molar-refractivity contribution in [3.63, 3.8) is 0 Å². The maximum atomic E-state index is 13.6. The molecular formula is C24H42O2Sn. The van der Waals surface area contributed by atoms with Gasteiger partial charge in [-0.3, -0.25) is 0 Å². The SMILES string of the molecule is CCCCC1=[C]([Sn]([CH2]CCC)([CH2]CCC)[CH2]CCC)C(=O)C(C)=C(C)C1=O. The predicted molar refractivity (Wildman–Crippen MR) is 120 cm³/mol. The summed E-state index contributed by atoms with van der Waals surface area (Å²) in [5.74, 6) is 0.457. The molecule has 0 saturated heterocycles. The number of allylic oxidation sites excluding steroid dienone is 4. The quantitative estimate of drug-likeness (QED) is 0.204. The third-order valence-electron chi connectivity index (χ3n) is 6.38. The summed E-state index contributed by atoms with van der Waals surface area (Å²) >= 11 is -2.92. The summed E-state index contributed by atoms with van der Waals surface area (Å²) < 4.78 is 4.88. The van der Waals surface area contributed by atoms with Gasteiger partial charge >= 0.3 is 172 Å². The Morgan fingerprint density at radius 2 is 1.04 bits per heavy atom. The van der Waals surface area contributed by atoms with Crippen molar-refractivity contribution in [2.45, 2.75) is 113 Å². The molecule has 0 radical (unpaired) electrons. The number of rotatable bonds is 13. The Balaban J connectivity index is 3.58. The molecule has 0 N–H and O–H groups in total. The van der Waals surface area contributed by atoms with E-state index in [1.54, 1.807) is 0 Å². The van der Waals surface area contributed by atoms with Gasteiger partial charge in [0.2, 0.25) is 0 Å². The molecule has 1 rings (SSSR count). The van der Waals surface area contributed by atoms with Crippen LogP contribution in [0.1, 0.15) is 99.3 Å². The zero-order chi connectivity index (χ0) is 20.4. The van der Waals surface area contributed by atoms with E-state index in [1.807, 2.05) is 13.8 Å². The molecule has 0 heterocycles. The van der Waals surface area contributed by atoms with E-state index in [0.717, 1.165) is 34.0 Å². The van der Waals surface area contributed by atoms with E-state index in [0.29, 0.717) is 5.57 Å². The van der Waals surface area contributed by atoms with Crippen LogP contribution in [0, 0.1) is 0 Å². The monoisotopic (exact) mass is 482 g/mol. The van der Waals surface area contributed by atoms with Gasteiger partial charge in [-0.15, -0.1) is 0 Å². The van der Waals surface area contributed by atoms with Crippen molar-refractivity contribution in [3.8, 4) is 0 Å². The Bertz CT molecular complexity index is 561. The first kappa shape index (κ1) is 24.7. The average Bonchev–Trinajstić information content (AvgIpc) is 2.68. The summed E-state index contributed by atoms with van der Waals surface area (Å²) in [7, 11) is 0. The van der Waals surface area contributed by atoms with E-state index in [9.17, 15) is 9.59 Å². The van der Waals surface area contributed by atoms with Crippen molar-refractivity contribution < 1.29 is 9.59 Å². The molecule has 1 aliphatic carbocycles. The minimum atomic E-state index is -2.92. The molecule has 0 aliphatic heterocycles. The number of unbranched alkanes of at least 4 members (excludes halogenated alkanes) is 4. The molecule has 0 aromatic carbocycles. The van der Waals surface area contributed by atoms with E-state index in [4.69, 9.17) is 0 Å². The maximum absolute atomic E-state index is 13.6. The van der Waals surface area contributed by atoms with Crippen LogP contribution in [-0.4, -0.2) is 29.9 Å². The number of hydrogen-bond acceptors (Lipinski definition) is 2. The van der Waals surface area contributed by atoms with Gasteiger partial charge in [-0.05, 0) is 0 Å². The van der Waals surface area contributed by atoms with Crippen LogP contribution in [0.15, 0.2) is 20.3 Å². The fourth-order valence-corrected chi connectivity index (χ4v) is 22.0. The summed E-state index contributed by atoms with van der Waals surface area (Å²) in [6.07, 6.45) is 10.1. The fourth-order valence-electron chi connectivity index (χ4n) is 4.45. The summed E-state index contributed by atoms with van der Waals surface area (Å²) in [6, 6.07) is 0. The van der Waals surface area contributed by atoms with Crippen LogP contribution in [0.4, 0.5) is 0 Å². The van der Waals surface area contributed by atoms with Crippen LogP contribution in [0.3, 0.4) is 0 Å². The first-order valence-corrected chi connectivity index (χ1v) is 18.9. The Labute approximate surface area is 172 Å². The Hall–Kier alpha value is -0.381. The zero-order valence-corrected chi connectivity index (χ0v) is 21.7. The molecular weight excluding hydrogens is 439 g/mol. The Kier molecular flexibility index (Phi) is 11.2. The normalized spacial score (nSPS) is 15.9. The summed E-state index contributed by atoms with van der Waals surface area (Å²) in [4.78, 5) is 26.8. The van der Waals surface area contributed by atoms with Crippen LogP contribution in [0.5, 0.6) is 0 Å². The number of carbonyl (C=O) groups excluding carboxylic acids is 2. The average molecular weight is 481 g/mol. The molecule has 0 unspecified atom stereocenters. The molecule has 0 bridgehead atoms. The molecule has 27 heavy (non-hydrogen) atoms. The Morgan fingerprint density at radius 1 is 0.630 bits per heavy atom. The third kappa shape index (κ3) is 6.05. The van der Waals surface area contributed by atoms with Gasteiger partial charge in [0.05, 0.1) is 0 Å². The van der Waals surface area contributed by atoms with Crippen LogP contribution < -0.4 is 0 Å². The molecule has 0 aromatic rings. The summed E-state index contributed by atoms with van der Waals surface area (Å²) in [5, 5.41) is 0. The Morgan fingerprint density at radius 3 is 1.44 bits per heavy atom. The predicted octanol–water partition coefficient (Wildman–Crippen LogP) is 7.35. The minimum absolute atomic E-state index is 0.195. The van der Waals surface area contributed by atoms with Crippen LogP contribution in [0.2, 0.25) is 13.3 Å². The molecule has 0 spiro atoms. The van der Waals surface area contributed by atoms with Gasteiger partial charge in [0.25, 0.3) is 0 Å². The summed E-state index contributed by atoms with van der Waals surface area (Å²) in [6.45, 7) is 12.7. The van der Waals surface area contributed by atoms with Gasteiger partial charge in [-0.1, -0.05) is 0 Å². The van der Waals surface area contributed by atoms with Gasteiger partial charge in [-0.25, -0.2) is 0 Å². The molecule has 0 saturated carbocycles. The van der Waals surface area contributed by atoms with Gasteiger partial charge in [0.1, 0.15) is 0 Å². The molecule has 0 amide bonds. The third-order valence-corrected chi connectivity index (χ3v) is 22.1. The van der Waals surface area contributed by atoms with Gasteiger partial charge in [0.15, 0.2) is 0 Å². The van der Waals surface area contributed by atoms with Gasteiger partial charge in [0, 0.05) is 0 Å². The fraction of sp³-hybridized carbons (Fsp3) is 0.750. The topological polar surface area (TPSA) is 34.1 Å². The van der Waals surface area contributed by atoms with Crippen molar-refractivity contribution >= 4 is 29.9 Å². The van der Waals surface area contributed by atoms with Gasteiger partial charge < -0.3 is 0 Å². The van der Waals surface area contributed by atoms with Crippen LogP contribution in [-0.2, 0) is 9.59 Å². The van der Waals surface area contributed by atoms with E-state index >= 15 is 0 Å². The van der Waals surface area contributed by atoms with Crippen molar-refractivity contribution in [1.29, 1.82) is 0 Å². The van der Waals surface area contributed by atoms with E-state index in [1.165, 1.54) is 51.8 Å². The first-order chi connectivity index (χ1) is 12.9. The number of carbonyl (C=O) groups is 2. The van der Waals surface area contributed by atoms with Crippen molar-refractivity contribution in [2.24, 2.45) is 0 Å². The van der Waals surface area contributed by atoms with Crippen molar-refractivity contribution in [1.82, 2.24) is 0 Å². The van der Waals surface area contributed by atoms with E-state index in [2.05, 4.69) is 27.7 Å². The first-order valence-electron chi connectivity index (χ1n) is 11.4. The van der Waals surface area contributed by atoms with Gasteiger partial charge in [-0.2, -0.15) is 0 Å². The molecule has 0 atom stereocenters. The number of Topliss-reactive ketones (excluding diaryl/α,β-unsaturated/α-hetero) is 2. The molecule has 0 fully saturated rings. The molecule has 0 aromatic heterocycles. The standard InChI is InChI=1S/C12H15O2.3C4H9.Sn/c1-4-5-6-10-7-11(13)8(2)9(3)12(10)14;3*1-3-4-2;/h4-6H2,1-3H3;3*1,3-4H2,2H3;. The van der Waals surface area contributed by atoms with E-state index in [-0.39, 0.29) is 11.6 Å². The van der Waals surface area contributed by atoms with Crippen LogP contribution in [0.25, 0.3) is 0 Å². The van der Waals surface area contributed by atoms with Crippen molar-refractivity contribution in [3.05, 3.63) is 20.3 Å². The second-order valence-electron chi connectivity index (χ2n) is 8.46. The molecule has 1 aliphatic rings. The molecule has 154 valence electrons. The van der Waals surface area contributed by atoms with Crippen molar-refractivity contribution in [2.75, 3.05) is 0 Å². The molecule has 2 nitrogen and oxygen atoms in total. The number of ketones is 2. The second kappa shape index (κ2) is 12.2. The van der Waals surface area contributed by atoms with E-state index < -0.39 is 18.4 Å². The zero-order valence-electron chi connectivity index (χ0n) is 18.8. The second-order valence-corrected chi connectivity index (χ2v) is 21.5.